The first-order chi connectivity index (χ1) is 7.33. The van der Waals surface area contributed by atoms with Crippen LogP contribution in [0.15, 0.2) is 18.6 Å². The summed E-state index contributed by atoms with van der Waals surface area (Å²) in [7, 11) is 1.71. The number of nitrogens with one attached hydrogen (secondary N) is 1. The SMILES string of the molecule is COCCNCC(C)Cc1cnccn1. The Morgan fingerprint density at radius 1 is 1.47 bits per heavy atom. The highest BCUT2D eigenvalue weighted by molar-refractivity contribution is 4.95. The molecule has 0 aliphatic carbocycles. The second kappa shape index (κ2) is 7.31. The van der Waals surface area contributed by atoms with Crippen LogP contribution in [0, 0.1) is 5.92 Å². The minimum atomic E-state index is 0.568. The van der Waals surface area contributed by atoms with E-state index in [-0.39, 0.29) is 0 Å². The molecule has 0 aliphatic rings. The van der Waals surface area contributed by atoms with E-state index in [1.807, 2.05) is 6.20 Å². The number of aromatic nitrogens is 2. The molecule has 84 valence electrons. The third-order valence-electron chi connectivity index (χ3n) is 2.15. The highest BCUT2D eigenvalue weighted by atomic mass is 16.5. The molecule has 0 aliphatic heterocycles. The Morgan fingerprint density at radius 3 is 3.00 bits per heavy atom. The average Bonchev–Trinajstić information content (AvgIpc) is 2.26. The van der Waals surface area contributed by atoms with E-state index in [1.165, 1.54) is 0 Å². The number of methoxy groups -OCH3 is 1. The van der Waals surface area contributed by atoms with Crippen molar-refractivity contribution in [1.82, 2.24) is 15.3 Å². The molecule has 4 nitrogen and oxygen atoms in total. The van der Waals surface area contributed by atoms with Gasteiger partial charge in [0.05, 0.1) is 12.3 Å². The zero-order chi connectivity index (χ0) is 10.9. The van der Waals surface area contributed by atoms with Gasteiger partial charge in [0.2, 0.25) is 0 Å². The molecule has 0 saturated carbocycles. The van der Waals surface area contributed by atoms with Crippen LogP contribution in [0.5, 0.6) is 0 Å². The molecule has 0 bridgehead atoms. The molecule has 0 fully saturated rings. The normalized spacial score (nSPS) is 12.7. The molecule has 0 radical (unpaired) electrons. The average molecular weight is 209 g/mol. The van der Waals surface area contributed by atoms with Crippen LogP contribution in [0.1, 0.15) is 12.6 Å². The molecular formula is C11H19N3O. The molecule has 1 aromatic rings. The minimum Gasteiger partial charge on any atom is -0.383 e. The van der Waals surface area contributed by atoms with E-state index in [1.54, 1.807) is 19.5 Å². The largest absolute Gasteiger partial charge is 0.383 e. The van der Waals surface area contributed by atoms with Crippen molar-refractivity contribution < 1.29 is 4.74 Å². The Hall–Kier alpha value is -1.00. The van der Waals surface area contributed by atoms with Crippen LogP contribution >= 0.6 is 0 Å². The van der Waals surface area contributed by atoms with Crippen LogP contribution < -0.4 is 5.32 Å². The Bertz CT molecular complexity index is 253. The van der Waals surface area contributed by atoms with E-state index in [2.05, 4.69) is 22.2 Å². The molecular weight excluding hydrogens is 190 g/mol. The molecule has 1 unspecified atom stereocenters. The summed E-state index contributed by atoms with van der Waals surface area (Å²) in [6.07, 6.45) is 6.23. The number of hydrogen-bond acceptors (Lipinski definition) is 4. The zero-order valence-electron chi connectivity index (χ0n) is 9.44. The quantitative estimate of drug-likeness (QED) is 0.678. The predicted molar refractivity (Wildman–Crippen MR) is 59.6 cm³/mol. The number of hydrogen-bond donors (Lipinski definition) is 1. The van der Waals surface area contributed by atoms with Gasteiger partial charge in [-0.15, -0.1) is 0 Å². The van der Waals surface area contributed by atoms with Gasteiger partial charge >= 0.3 is 0 Å². The Kier molecular flexibility index (Phi) is 5.88. The van der Waals surface area contributed by atoms with E-state index >= 15 is 0 Å². The molecule has 1 rings (SSSR count). The van der Waals surface area contributed by atoms with E-state index in [0.29, 0.717) is 5.92 Å². The van der Waals surface area contributed by atoms with Gasteiger partial charge in [0.25, 0.3) is 0 Å². The van der Waals surface area contributed by atoms with Gasteiger partial charge in [-0.2, -0.15) is 0 Å². The number of nitrogens with zero attached hydrogens (tertiary/aromatic N) is 2. The van der Waals surface area contributed by atoms with Crippen LogP contribution in [-0.4, -0.2) is 36.8 Å². The van der Waals surface area contributed by atoms with Crippen LogP contribution in [0.4, 0.5) is 0 Å². The Labute approximate surface area is 91.1 Å². The fourth-order valence-electron chi connectivity index (χ4n) is 1.39. The Balaban J connectivity index is 2.16. The monoisotopic (exact) mass is 209 g/mol. The molecule has 1 N–H and O–H groups in total. The topological polar surface area (TPSA) is 47.0 Å². The van der Waals surface area contributed by atoms with Gasteiger partial charge in [-0.1, -0.05) is 6.92 Å². The second-order valence-electron chi connectivity index (χ2n) is 3.70. The number of rotatable bonds is 7. The van der Waals surface area contributed by atoms with Crippen LogP contribution in [0.3, 0.4) is 0 Å². The van der Waals surface area contributed by atoms with Gasteiger partial charge in [-0.3, -0.25) is 9.97 Å². The third kappa shape index (κ3) is 5.44. The highest BCUT2D eigenvalue weighted by Crippen LogP contribution is 2.02. The predicted octanol–water partition coefficient (Wildman–Crippen LogP) is 0.891. The van der Waals surface area contributed by atoms with Crippen molar-refractivity contribution in [3.63, 3.8) is 0 Å². The second-order valence-corrected chi connectivity index (χ2v) is 3.70. The van der Waals surface area contributed by atoms with Crippen LogP contribution in [-0.2, 0) is 11.2 Å². The third-order valence-corrected chi connectivity index (χ3v) is 2.15. The molecule has 15 heavy (non-hydrogen) atoms. The van der Waals surface area contributed by atoms with E-state index in [4.69, 9.17) is 4.74 Å². The fourth-order valence-corrected chi connectivity index (χ4v) is 1.39. The lowest BCUT2D eigenvalue weighted by Crippen LogP contribution is -2.25. The van der Waals surface area contributed by atoms with E-state index < -0.39 is 0 Å². The van der Waals surface area contributed by atoms with Gasteiger partial charge < -0.3 is 10.1 Å². The van der Waals surface area contributed by atoms with Crippen molar-refractivity contribution in [1.29, 1.82) is 0 Å². The first-order valence-electron chi connectivity index (χ1n) is 5.27. The summed E-state index contributed by atoms with van der Waals surface area (Å²) in [5, 5.41) is 3.33. The molecule has 1 atom stereocenters. The Morgan fingerprint density at radius 2 is 2.33 bits per heavy atom. The molecule has 1 aromatic heterocycles. The van der Waals surface area contributed by atoms with Crippen molar-refractivity contribution in [2.45, 2.75) is 13.3 Å². The number of ether oxygens (including phenoxy) is 1. The lowest BCUT2D eigenvalue weighted by molar-refractivity contribution is 0.198. The van der Waals surface area contributed by atoms with Crippen molar-refractivity contribution in [2.75, 3.05) is 26.8 Å². The maximum absolute atomic E-state index is 4.96. The smallest absolute Gasteiger partial charge is 0.0589 e. The first-order valence-corrected chi connectivity index (χ1v) is 5.27. The minimum absolute atomic E-state index is 0.568. The zero-order valence-corrected chi connectivity index (χ0v) is 9.44. The maximum atomic E-state index is 4.96. The molecule has 0 aromatic carbocycles. The molecule has 1 heterocycles. The van der Waals surface area contributed by atoms with Gasteiger partial charge in [0, 0.05) is 32.2 Å². The molecule has 4 heteroatoms. The van der Waals surface area contributed by atoms with Gasteiger partial charge in [-0.05, 0) is 18.9 Å². The van der Waals surface area contributed by atoms with Crippen LogP contribution in [0.2, 0.25) is 0 Å². The van der Waals surface area contributed by atoms with Gasteiger partial charge in [0.15, 0.2) is 0 Å². The summed E-state index contributed by atoms with van der Waals surface area (Å²) >= 11 is 0. The molecule has 0 saturated heterocycles. The van der Waals surface area contributed by atoms with Gasteiger partial charge in [-0.25, -0.2) is 0 Å². The molecule has 0 spiro atoms. The fraction of sp³-hybridized carbons (Fsp3) is 0.636. The summed E-state index contributed by atoms with van der Waals surface area (Å²) in [5.41, 5.74) is 1.05. The lowest BCUT2D eigenvalue weighted by Gasteiger charge is -2.11. The summed E-state index contributed by atoms with van der Waals surface area (Å²) in [6, 6.07) is 0. The van der Waals surface area contributed by atoms with Crippen molar-refractivity contribution in [2.24, 2.45) is 5.92 Å². The standard InChI is InChI=1S/C11H19N3O/c1-10(8-13-5-6-15-2)7-11-9-12-3-4-14-11/h3-4,9-10,13H,5-8H2,1-2H3. The highest BCUT2D eigenvalue weighted by Gasteiger charge is 2.03. The van der Waals surface area contributed by atoms with Gasteiger partial charge in [0.1, 0.15) is 0 Å². The lowest BCUT2D eigenvalue weighted by atomic mass is 10.1. The van der Waals surface area contributed by atoms with Crippen LogP contribution in [0.25, 0.3) is 0 Å². The maximum Gasteiger partial charge on any atom is 0.0589 e. The first kappa shape index (κ1) is 12.1. The van der Waals surface area contributed by atoms with Crippen molar-refractivity contribution in [3.05, 3.63) is 24.3 Å². The van der Waals surface area contributed by atoms with Crippen molar-refractivity contribution in [3.8, 4) is 0 Å². The summed E-state index contributed by atoms with van der Waals surface area (Å²) in [4.78, 5) is 8.29. The molecule has 0 amide bonds. The van der Waals surface area contributed by atoms with E-state index in [9.17, 15) is 0 Å². The summed E-state index contributed by atoms with van der Waals surface area (Å²) in [5.74, 6) is 0.568. The summed E-state index contributed by atoms with van der Waals surface area (Å²) in [6.45, 7) is 4.85. The summed E-state index contributed by atoms with van der Waals surface area (Å²) < 4.78 is 4.96. The van der Waals surface area contributed by atoms with E-state index in [0.717, 1.165) is 31.8 Å². The van der Waals surface area contributed by atoms with Crippen molar-refractivity contribution >= 4 is 0 Å².